The van der Waals surface area contributed by atoms with E-state index < -0.39 is 14.8 Å². The van der Waals surface area contributed by atoms with Crippen molar-refractivity contribution in [3.63, 3.8) is 0 Å². The number of hydrogen-bond donors (Lipinski definition) is 2. The molecule has 0 radical (unpaired) electrons. The predicted octanol–water partition coefficient (Wildman–Crippen LogP) is 1.41. The molecule has 0 saturated carbocycles. The van der Waals surface area contributed by atoms with Crippen LogP contribution in [0.5, 0.6) is 0 Å². The molecule has 0 amide bonds. The second-order valence-corrected chi connectivity index (χ2v) is 7.81. The number of nitrogens with two attached hydrogens (primary N) is 1. The van der Waals surface area contributed by atoms with Gasteiger partial charge in [-0.2, -0.15) is 0 Å². The second-order valence-electron chi connectivity index (χ2n) is 5.29. The second kappa shape index (κ2) is 5.82. The normalized spacial score (nSPS) is 12.7. The van der Waals surface area contributed by atoms with Crippen LogP contribution in [-0.2, 0) is 23.0 Å². The van der Waals surface area contributed by atoms with Crippen LogP contribution in [0.3, 0.4) is 0 Å². The van der Waals surface area contributed by atoms with Crippen molar-refractivity contribution >= 4 is 10.0 Å². The smallest absolute Gasteiger partial charge is 0.216 e. The van der Waals surface area contributed by atoms with Gasteiger partial charge in [-0.05, 0) is 44.9 Å². The third kappa shape index (κ3) is 4.08. The van der Waals surface area contributed by atoms with Gasteiger partial charge in [-0.1, -0.05) is 24.3 Å². The van der Waals surface area contributed by atoms with Gasteiger partial charge < -0.3 is 5.73 Å². The van der Waals surface area contributed by atoms with Crippen LogP contribution in [0.1, 0.15) is 31.9 Å². The summed E-state index contributed by atoms with van der Waals surface area (Å²) < 4.78 is 25.6. The first-order valence-corrected chi connectivity index (χ1v) is 7.52. The molecule has 0 unspecified atom stereocenters. The lowest BCUT2D eigenvalue weighted by Crippen LogP contribution is -2.38. The molecule has 0 heterocycles. The largest absolute Gasteiger partial charge is 0.330 e. The molecule has 1 aromatic carbocycles. The van der Waals surface area contributed by atoms with Crippen molar-refractivity contribution in [2.75, 3.05) is 6.54 Å². The Morgan fingerprint density at radius 3 is 2.06 bits per heavy atom. The zero-order valence-electron chi connectivity index (χ0n) is 11.2. The minimum atomic E-state index is -3.29. The molecular formula is C13H22N2O2S. The van der Waals surface area contributed by atoms with Gasteiger partial charge in [0.05, 0.1) is 4.75 Å². The summed E-state index contributed by atoms with van der Waals surface area (Å²) in [7, 11) is -3.29. The molecule has 0 aliphatic rings. The van der Waals surface area contributed by atoms with Crippen molar-refractivity contribution in [3.8, 4) is 0 Å². The maximum absolute atomic E-state index is 11.9. The average Bonchev–Trinajstić information content (AvgIpc) is 2.27. The van der Waals surface area contributed by atoms with E-state index in [1.54, 1.807) is 20.8 Å². The SMILES string of the molecule is CC(C)(C)S(=O)(=O)NCc1ccc(CCN)cc1. The summed E-state index contributed by atoms with van der Waals surface area (Å²) >= 11 is 0. The Kier molecular flexibility index (Phi) is 4.90. The summed E-state index contributed by atoms with van der Waals surface area (Å²) in [6.07, 6.45) is 0.841. The van der Waals surface area contributed by atoms with E-state index in [9.17, 15) is 8.42 Å². The third-order valence-corrected chi connectivity index (χ3v) is 4.87. The fourth-order valence-electron chi connectivity index (χ4n) is 1.39. The minimum Gasteiger partial charge on any atom is -0.330 e. The molecule has 0 fully saturated rings. The molecule has 102 valence electrons. The first kappa shape index (κ1) is 15.1. The zero-order valence-corrected chi connectivity index (χ0v) is 12.0. The molecule has 1 aromatic rings. The molecule has 0 atom stereocenters. The van der Waals surface area contributed by atoms with E-state index in [1.165, 1.54) is 5.56 Å². The van der Waals surface area contributed by atoms with E-state index in [0.29, 0.717) is 13.1 Å². The van der Waals surface area contributed by atoms with E-state index in [4.69, 9.17) is 5.73 Å². The van der Waals surface area contributed by atoms with Crippen molar-refractivity contribution in [2.45, 2.75) is 38.5 Å². The highest BCUT2D eigenvalue weighted by Gasteiger charge is 2.28. The van der Waals surface area contributed by atoms with E-state index in [-0.39, 0.29) is 0 Å². The molecule has 0 aromatic heterocycles. The summed E-state index contributed by atoms with van der Waals surface area (Å²) in [6.45, 7) is 5.98. The number of rotatable bonds is 5. The monoisotopic (exact) mass is 270 g/mol. The van der Waals surface area contributed by atoms with E-state index in [2.05, 4.69) is 4.72 Å². The quantitative estimate of drug-likeness (QED) is 0.849. The van der Waals surface area contributed by atoms with Gasteiger partial charge in [0, 0.05) is 6.54 Å². The maximum atomic E-state index is 11.9. The molecular weight excluding hydrogens is 248 g/mol. The molecule has 3 N–H and O–H groups in total. The molecule has 0 aliphatic carbocycles. The van der Waals surface area contributed by atoms with Gasteiger partial charge in [-0.3, -0.25) is 0 Å². The lowest BCUT2D eigenvalue weighted by Gasteiger charge is -2.19. The van der Waals surface area contributed by atoms with Crippen LogP contribution in [-0.4, -0.2) is 19.7 Å². The highest BCUT2D eigenvalue weighted by Crippen LogP contribution is 2.14. The summed E-state index contributed by atoms with van der Waals surface area (Å²) in [5, 5.41) is 0. The van der Waals surface area contributed by atoms with Crippen molar-refractivity contribution < 1.29 is 8.42 Å². The van der Waals surface area contributed by atoms with Crippen LogP contribution in [0.15, 0.2) is 24.3 Å². The number of hydrogen-bond acceptors (Lipinski definition) is 3. The van der Waals surface area contributed by atoms with Gasteiger partial charge in [0.15, 0.2) is 0 Å². The molecule has 0 aliphatic heterocycles. The van der Waals surface area contributed by atoms with Crippen LogP contribution in [0.25, 0.3) is 0 Å². The van der Waals surface area contributed by atoms with Gasteiger partial charge in [0.25, 0.3) is 0 Å². The van der Waals surface area contributed by atoms with Crippen LogP contribution in [0.4, 0.5) is 0 Å². The molecule has 0 saturated heterocycles. The number of nitrogens with one attached hydrogen (secondary N) is 1. The molecule has 0 spiro atoms. The van der Waals surface area contributed by atoms with Crippen LogP contribution in [0.2, 0.25) is 0 Å². The Morgan fingerprint density at radius 2 is 1.61 bits per heavy atom. The molecule has 0 bridgehead atoms. The van der Waals surface area contributed by atoms with Gasteiger partial charge in [0.2, 0.25) is 10.0 Å². The Hall–Kier alpha value is -0.910. The Balaban J connectivity index is 2.65. The highest BCUT2D eigenvalue weighted by molar-refractivity contribution is 7.90. The summed E-state index contributed by atoms with van der Waals surface area (Å²) in [5.74, 6) is 0. The molecule has 4 nitrogen and oxygen atoms in total. The first-order valence-electron chi connectivity index (χ1n) is 6.03. The van der Waals surface area contributed by atoms with Gasteiger partial charge in [-0.15, -0.1) is 0 Å². The van der Waals surface area contributed by atoms with Gasteiger partial charge in [-0.25, -0.2) is 13.1 Å². The van der Waals surface area contributed by atoms with Crippen LogP contribution >= 0.6 is 0 Å². The van der Waals surface area contributed by atoms with Crippen LogP contribution < -0.4 is 10.5 Å². The molecule has 1 rings (SSSR count). The average molecular weight is 270 g/mol. The lowest BCUT2D eigenvalue weighted by atomic mass is 10.1. The summed E-state index contributed by atoms with van der Waals surface area (Å²) in [5.41, 5.74) is 7.58. The van der Waals surface area contributed by atoms with Crippen molar-refractivity contribution in [3.05, 3.63) is 35.4 Å². The van der Waals surface area contributed by atoms with Gasteiger partial charge in [0.1, 0.15) is 0 Å². The molecule has 18 heavy (non-hydrogen) atoms. The van der Waals surface area contributed by atoms with Gasteiger partial charge >= 0.3 is 0 Å². The highest BCUT2D eigenvalue weighted by atomic mass is 32.2. The fourth-order valence-corrected chi connectivity index (χ4v) is 2.17. The Bertz CT molecular complexity index is 473. The van der Waals surface area contributed by atoms with E-state index in [0.717, 1.165) is 12.0 Å². The Labute approximate surface area is 110 Å². The van der Waals surface area contributed by atoms with E-state index in [1.807, 2.05) is 24.3 Å². The third-order valence-electron chi connectivity index (χ3n) is 2.73. The maximum Gasteiger partial charge on any atom is 0.216 e. The standard InChI is InChI=1S/C13H22N2O2S/c1-13(2,3)18(16,17)15-10-12-6-4-11(5-7-12)8-9-14/h4-7,15H,8-10,14H2,1-3H3. The Morgan fingerprint density at radius 1 is 1.11 bits per heavy atom. The topological polar surface area (TPSA) is 72.2 Å². The van der Waals surface area contributed by atoms with E-state index >= 15 is 0 Å². The minimum absolute atomic E-state index is 0.322. The number of benzene rings is 1. The van der Waals surface area contributed by atoms with Crippen molar-refractivity contribution in [2.24, 2.45) is 5.73 Å². The van der Waals surface area contributed by atoms with Crippen molar-refractivity contribution in [1.29, 1.82) is 0 Å². The zero-order chi connectivity index (χ0) is 13.8. The first-order chi connectivity index (χ1) is 8.26. The summed E-state index contributed by atoms with van der Waals surface area (Å²) in [6, 6.07) is 7.81. The fraction of sp³-hybridized carbons (Fsp3) is 0.538. The van der Waals surface area contributed by atoms with Crippen LogP contribution in [0, 0.1) is 0 Å². The lowest BCUT2D eigenvalue weighted by molar-refractivity contribution is 0.544. The summed E-state index contributed by atoms with van der Waals surface area (Å²) in [4.78, 5) is 0. The molecule has 5 heteroatoms. The van der Waals surface area contributed by atoms with Crippen molar-refractivity contribution in [1.82, 2.24) is 4.72 Å². The predicted molar refractivity (Wildman–Crippen MR) is 74.7 cm³/mol. The number of sulfonamides is 1.